The summed E-state index contributed by atoms with van der Waals surface area (Å²) in [5.74, 6) is -0.157. The van der Waals surface area contributed by atoms with Crippen LogP contribution in [0.5, 0.6) is 0 Å². The average molecular weight is 389 g/mol. The molecule has 0 unspecified atom stereocenters. The van der Waals surface area contributed by atoms with Crippen molar-refractivity contribution in [2.24, 2.45) is 0 Å². The van der Waals surface area contributed by atoms with Crippen molar-refractivity contribution in [2.45, 2.75) is 39.3 Å². The average Bonchev–Trinajstić information content (AvgIpc) is 2.77. The Labute approximate surface area is 171 Å². The summed E-state index contributed by atoms with van der Waals surface area (Å²) in [6.07, 6.45) is 2.57. The van der Waals surface area contributed by atoms with Crippen molar-refractivity contribution in [3.63, 3.8) is 0 Å². The molecule has 150 valence electrons. The van der Waals surface area contributed by atoms with Gasteiger partial charge in [-0.25, -0.2) is 4.68 Å². The maximum atomic E-state index is 13.3. The van der Waals surface area contributed by atoms with Gasteiger partial charge in [0.05, 0.1) is 0 Å². The summed E-state index contributed by atoms with van der Waals surface area (Å²) in [7, 11) is 0. The van der Waals surface area contributed by atoms with Gasteiger partial charge in [-0.15, -0.1) is 0 Å². The van der Waals surface area contributed by atoms with Crippen LogP contribution in [-0.2, 0) is 19.5 Å². The predicted molar refractivity (Wildman–Crippen MR) is 115 cm³/mol. The second-order valence-electron chi connectivity index (χ2n) is 7.08. The standard InChI is InChI=1S/C24H27N3O2/c1-2-3-17-27-23(28)15-14-22(25-27)24(29)26(19-21-12-8-5-9-13-21)18-16-20-10-6-4-7-11-20/h4-15H,2-3,16-19H2,1H3. The molecule has 0 saturated carbocycles. The molecule has 2 aromatic carbocycles. The summed E-state index contributed by atoms with van der Waals surface area (Å²) in [5, 5.41) is 4.34. The Morgan fingerprint density at radius 3 is 2.24 bits per heavy atom. The van der Waals surface area contributed by atoms with E-state index in [1.165, 1.54) is 22.4 Å². The minimum absolute atomic E-state index is 0.157. The lowest BCUT2D eigenvalue weighted by atomic mass is 10.1. The minimum atomic E-state index is -0.172. The summed E-state index contributed by atoms with van der Waals surface area (Å²) >= 11 is 0. The summed E-state index contributed by atoms with van der Waals surface area (Å²) < 4.78 is 1.40. The lowest BCUT2D eigenvalue weighted by Gasteiger charge is -2.23. The van der Waals surface area contributed by atoms with Gasteiger partial charge in [0.2, 0.25) is 0 Å². The summed E-state index contributed by atoms with van der Waals surface area (Å²) in [6, 6.07) is 23.0. The number of unbranched alkanes of at least 4 members (excludes halogenated alkanes) is 1. The van der Waals surface area contributed by atoms with Gasteiger partial charge in [0, 0.05) is 25.7 Å². The molecule has 3 aromatic rings. The first-order chi connectivity index (χ1) is 14.2. The van der Waals surface area contributed by atoms with E-state index in [0.717, 1.165) is 24.8 Å². The van der Waals surface area contributed by atoms with Crippen molar-refractivity contribution in [1.29, 1.82) is 0 Å². The maximum Gasteiger partial charge on any atom is 0.274 e. The fourth-order valence-electron chi connectivity index (χ4n) is 3.16. The number of aryl methyl sites for hydroxylation is 1. The van der Waals surface area contributed by atoms with Gasteiger partial charge in [0.15, 0.2) is 0 Å². The molecule has 0 saturated heterocycles. The Bertz CT molecular complexity index is 968. The molecule has 0 aliphatic heterocycles. The molecule has 0 N–H and O–H groups in total. The molecule has 0 aliphatic rings. The van der Waals surface area contributed by atoms with Crippen LogP contribution in [0.25, 0.3) is 0 Å². The molecule has 29 heavy (non-hydrogen) atoms. The summed E-state index contributed by atoms with van der Waals surface area (Å²) in [5.41, 5.74) is 2.38. The fraction of sp³-hybridized carbons (Fsp3) is 0.292. The van der Waals surface area contributed by atoms with E-state index in [2.05, 4.69) is 24.2 Å². The quantitative estimate of drug-likeness (QED) is 0.557. The van der Waals surface area contributed by atoms with E-state index < -0.39 is 0 Å². The van der Waals surface area contributed by atoms with Crippen molar-refractivity contribution in [2.75, 3.05) is 6.54 Å². The number of hydrogen-bond donors (Lipinski definition) is 0. The maximum absolute atomic E-state index is 13.3. The van der Waals surface area contributed by atoms with Gasteiger partial charge in [0.25, 0.3) is 11.5 Å². The van der Waals surface area contributed by atoms with Crippen LogP contribution in [0.1, 0.15) is 41.4 Å². The number of nitrogens with zero attached hydrogens (tertiary/aromatic N) is 3. The third-order valence-corrected chi connectivity index (χ3v) is 4.83. The highest BCUT2D eigenvalue weighted by atomic mass is 16.2. The van der Waals surface area contributed by atoms with E-state index in [1.807, 2.05) is 48.5 Å². The first-order valence-corrected chi connectivity index (χ1v) is 10.1. The molecule has 1 amide bonds. The lowest BCUT2D eigenvalue weighted by Crippen LogP contribution is -2.35. The van der Waals surface area contributed by atoms with Crippen LogP contribution >= 0.6 is 0 Å². The number of amides is 1. The summed E-state index contributed by atoms with van der Waals surface area (Å²) in [6.45, 7) is 3.67. The Morgan fingerprint density at radius 2 is 1.59 bits per heavy atom. The van der Waals surface area contributed by atoms with E-state index in [0.29, 0.717) is 25.3 Å². The zero-order chi connectivity index (χ0) is 20.5. The van der Waals surface area contributed by atoms with E-state index >= 15 is 0 Å². The van der Waals surface area contributed by atoms with Crippen molar-refractivity contribution in [3.05, 3.63) is 100.0 Å². The Balaban J connectivity index is 1.82. The lowest BCUT2D eigenvalue weighted by molar-refractivity contribution is 0.0736. The normalized spacial score (nSPS) is 10.7. The van der Waals surface area contributed by atoms with Crippen LogP contribution in [0.15, 0.2) is 77.6 Å². The molecule has 1 heterocycles. The van der Waals surface area contributed by atoms with Gasteiger partial charge in [-0.2, -0.15) is 5.10 Å². The molecule has 0 bridgehead atoms. The van der Waals surface area contributed by atoms with Gasteiger partial charge < -0.3 is 4.90 Å². The van der Waals surface area contributed by atoms with Crippen LogP contribution in [-0.4, -0.2) is 27.1 Å². The third kappa shape index (κ3) is 5.88. The number of carbonyl (C=O) groups is 1. The topological polar surface area (TPSA) is 55.2 Å². The Morgan fingerprint density at radius 1 is 0.931 bits per heavy atom. The molecule has 0 radical (unpaired) electrons. The second-order valence-corrected chi connectivity index (χ2v) is 7.08. The highest BCUT2D eigenvalue weighted by Crippen LogP contribution is 2.11. The first kappa shape index (κ1) is 20.5. The van der Waals surface area contributed by atoms with Crippen molar-refractivity contribution < 1.29 is 4.79 Å². The van der Waals surface area contributed by atoms with E-state index in [9.17, 15) is 9.59 Å². The van der Waals surface area contributed by atoms with Gasteiger partial charge in [-0.1, -0.05) is 74.0 Å². The minimum Gasteiger partial charge on any atom is -0.333 e. The molecule has 5 nitrogen and oxygen atoms in total. The monoisotopic (exact) mass is 389 g/mol. The summed E-state index contributed by atoms with van der Waals surface area (Å²) in [4.78, 5) is 27.1. The number of rotatable bonds is 9. The third-order valence-electron chi connectivity index (χ3n) is 4.83. The van der Waals surface area contributed by atoms with Crippen LogP contribution < -0.4 is 5.56 Å². The molecule has 0 atom stereocenters. The molecule has 0 fully saturated rings. The molecule has 0 spiro atoms. The molecule has 1 aromatic heterocycles. The second kappa shape index (κ2) is 10.4. The van der Waals surface area contributed by atoms with Gasteiger partial charge >= 0.3 is 0 Å². The molecule has 3 rings (SSSR count). The smallest absolute Gasteiger partial charge is 0.274 e. The first-order valence-electron chi connectivity index (χ1n) is 10.1. The fourth-order valence-corrected chi connectivity index (χ4v) is 3.16. The largest absolute Gasteiger partial charge is 0.333 e. The van der Waals surface area contributed by atoms with Crippen LogP contribution in [0.2, 0.25) is 0 Å². The number of aromatic nitrogens is 2. The molecule has 5 heteroatoms. The van der Waals surface area contributed by atoms with Gasteiger partial charge in [-0.3, -0.25) is 9.59 Å². The van der Waals surface area contributed by atoms with E-state index in [1.54, 1.807) is 4.90 Å². The molecular weight excluding hydrogens is 362 g/mol. The zero-order valence-electron chi connectivity index (χ0n) is 16.8. The van der Waals surface area contributed by atoms with Crippen LogP contribution in [0.3, 0.4) is 0 Å². The Hall–Kier alpha value is -3.21. The van der Waals surface area contributed by atoms with Gasteiger partial charge in [0.1, 0.15) is 5.69 Å². The molecular formula is C24H27N3O2. The Kier molecular flexibility index (Phi) is 7.34. The van der Waals surface area contributed by atoms with Crippen molar-refractivity contribution in [3.8, 4) is 0 Å². The number of hydrogen-bond acceptors (Lipinski definition) is 3. The number of carbonyl (C=O) groups excluding carboxylic acids is 1. The van der Waals surface area contributed by atoms with Crippen LogP contribution in [0.4, 0.5) is 0 Å². The predicted octanol–water partition coefficient (Wildman–Crippen LogP) is 3.93. The van der Waals surface area contributed by atoms with Crippen LogP contribution in [0, 0.1) is 0 Å². The van der Waals surface area contributed by atoms with Gasteiger partial charge in [-0.05, 0) is 30.0 Å². The SMILES string of the molecule is CCCCn1nc(C(=O)N(CCc2ccccc2)Cc2ccccc2)ccc1=O. The number of benzene rings is 2. The van der Waals surface area contributed by atoms with Crippen molar-refractivity contribution in [1.82, 2.24) is 14.7 Å². The highest BCUT2D eigenvalue weighted by Gasteiger charge is 2.18. The highest BCUT2D eigenvalue weighted by molar-refractivity contribution is 5.92. The van der Waals surface area contributed by atoms with E-state index in [4.69, 9.17) is 0 Å². The zero-order valence-corrected chi connectivity index (χ0v) is 16.8. The molecule has 0 aliphatic carbocycles. The van der Waals surface area contributed by atoms with Crippen molar-refractivity contribution >= 4 is 5.91 Å². The van der Waals surface area contributed by atoms with E-state index in [-0.39, 0.29) is 11.5 Å².